The van der Waals surface area contributed by atoms with Crippen molar-refractivity contribution in [2.24, 2.45) is 0 Å². The molecular formula is C18H19BrN2O4. The lowest BCUT2D eigenvalue weighted by Crippen LogP contribution is -2.29. The Hall–Kier alpha value is -2.25. The van der Waals surface area contributed by atoms with Crippen LogP contribution in [0.4, 0.5) is 5.69 Å². The van der Waals surface area contributed by atoms with E-state index in [1.54, 1.807) is 43.2 Å². The second kappa shape index (κ2) is 7.33. The van der Waals surface area contributed by atoms with E-state index in [1.807, 2.05) is 17.2 Å². The van der Waals surface area contributed by atoms with Crippen molar-refractivity contribution in [3.63, 3.8) is 0 Å². The van der Waals surface area contributed by atoms with Crippen molar-refractivity contribution in [1.29, 1.82) is 0 Å². The first-order valence-electron chi connectivity index (χ1n) is 7.78. The number of fused-ring (bicyclic) bond motifs is 1. The van der Waals surface area contributed by atoms with E-state index in [-0.39, 0.29) is 5.56 Å². The van der Waals surface area contributed by atoms with Crippen LogP contribution in [0.2, 0.25) is 0 Å². The summed E-state index contributed by atoms with van der Waals surface area (Å²) < 4.78 is 13.2. The van der Waals surface area contributed by atoms with Crippen molar-refractivity contribution in [3.05, 3.63) is 63.1 Å². The number of benzene rings is 1. The summed E-state index contributed by atoms with van der Waals surface area (Å²) >= 11 is 3.38. The van der Waals surface area contributed by atoms with Crippen molar-refractivity contribution in [2.45, 2.75) is 12.6 Å². The molecule has 2 aromatic rings. The van der Waals surface area contributed by atoms with Crippen molar-refractivity contribution in [1.82, 2.24) is 4.57 Å². The fourth-order valence-electron chi connectivity index (χ4n) is 2.83. The Morgan fingerprint density at radius 2 is 1.88 bits per heavy atom. The van der Waals surface area contributed by atoms with E-state index >= 15 is 0 Å². The summed E-state index contributed by atoms with van der Waals surface area (Å²) in [7, 11) is 3.14. The number of aliphatic hydroxyl groups excluding tert-OH is 1. The highest BCUT2D eigenvalue weighted by Crippen LogP contribution is 2.40. The van der Waals surface area contributed by atoms with Crippen LogP contribution in [0.5, 0.6) is 11.5 Å². The van der Waals surface area contributed by atoms with Crippen LogP contribution in [0, 0.1) is 0 Å². The number of pyridine rings is 1. The standard InChI is InChI=1S/C18H19BrN2O4/c1-24-16-9-13-14(10-17(16)25-2)20(6-5-15(13)22)7-8-21-11-12(19)3-4-18(21)23/h3-6,9-11,15,22H,7-8H2,1-2H3. The Labute approximate surface area is 154 Å². The lowest BCUT2D eigenvalue weighted by molar-refractivity contribution is 0.226. The lowest BCUT2D eigenvalue weighted by atomic mass is 10.0. The minimum absolute atomic E-state index is 0.0586. The van der Waals surface area contributed by atoms with Crippen LogP contribution in [0.15, 0.2) is 52.0 Å². The summed E-state index contributed by atoms with van der Waals surface area (Å²) in [6, 6.07) is 6.87. The number of halogens is 1. The molecule has 0 fully saturated rings. The van der Waals surface area contributed by atoms with Crippen molar-refractivity contribution < 1.29 is 14.6 Å². The third kappa shape index (κ3) is 3.57. The van der Waals surface area contributed by atoms with E-state index in [9.17, 15) is 9.90 Å². The van der Waals surface area contributed by atoms with Gasteiger partial charge in [0, 0.05) is 47.7 Å². The molecule has 1 atom stereocenters. The predicted molar refractivity (Wildman–Crippen MR) is 99.4 cm³/mol. The van der Waals surface area contributed by atoms with Gasteiger partial charge >= 0.3 is 0 Å². The minimum Gasteiger partial charge on any atom is -0.493 e. The SMILES string of the molecule is COc1cc2c(cc1OC)N(CCn1cc(Br)ccc1=O)C=CC2O. The molecule has 0 radical (unpaired) electrons. The summed E-state index contributed by atoms with van der Waals surface area (Å²) in [5, 5.41) is 10.3. The molecular weight excluding hydrogens is 388 g/mol. The van der Waals surface area contributed by atoms with Crippen molar-refractivity contribution in [2.75, 3.05) is 25.7 Å². The van der Waals surface area contributed by atoms with Gasteiger partial charge in [-0.3, -0.25) is 4.79 Å². The second-order valence-electron chi connectivity index (χ2n) is 5.62. The molecule has 7 heteroatoms. The molecule has 25 heavy (non-hydrogen) atoms. The first-order chi connectivity index (χ1) is 12.0. The van der Waals surface area contributed by atoms with Crippen molar-refractivity contribution in [3.8, 4) is 11.5 Å². The molecule has 6 nitrogen and oxygen atoms in total. The molecule has 0 spiro atoms. The summed E-state index contributed by atoms with van der Waals surface area (Å²) in [5.41, 5.74) is 1.51. The summed E-state index contributed by atoms with van der Waals surface area (Å²) in [5.74, 6) is 1.16. The number of hydrogen-bond donors (Lipinski definition) is 1. The molecule has 1 aromatic heterocycles. The number of nitrogens with zero attached hydrogens (tertiary/aromatic N) is 2. The number of hydrogen-bond acceptors (Lipinski definition) is 5. The van der Waals surface area contributed by atoms with Gasteiger partial charge in [0.05, 0.1) is 19.9 Å². The third-order valence-electron chi connectivity index (χ3n) is 4.14. The molecule has 1 aromatic carbocycles. The Kier molecular flexibility index (Phi) is 5.15. The van der Waals surface area contributed by atoms with Crippen molar-refractivity contribution >= 4 is 21.6 Å². The first kappa shape index (κ1) is 17.6. The van der Waals surface area contributed by atoms with Crippen LogP contribution in [0.1, 0.15) is 11.7 Å². The van der Waals surface area contributed by atoms with Gasteiger partial charge < -0.3 is 24.0 Å². The molecule has 0 saturated heterocycles. The van der Waals surface area contributed by atoms with Gasteiger partial charge in [0.25, 0.3) is 5.56 Å². The fourth-order valence-corrected chi connectivity index (χ4v) is 3.21. The average Bonchev–Trinajstić information content (AvgIpc) is 2.62. The van der Waals surface area contributed by atoms with E-state index in [4.69, 9.17) is 9.47 Å². The molecule has 1 aliphatic rings. The molecule has 1 aliphatic heterocycles. The molecule has 1 unspecified atom stereocenters. The summed E-state index contributed by atoms with van der Waals surface area (Å²) in [6.07, 6.45) is 4.58. The van der Waals surface area contributed by atoms with Crippen LogP contribution < -0.4 is 19.9 Å². The lowest BCUT2D eigenvalue weighted by Gasteiger charge is -2.30. The summed E-state index contributed by atoms with van der Waals surface area (Å²) in [4.78, 5) is 13.9. The van der Waals surface area contributed by atoms with Gasteiger partial charge in [-0.1, -0.05) is 0 Å². The maximum Gasteiger partial charge on any atom is 0.250 e. The average molecular weight is 407 g/mol. The maximum absolute atomic E-state index is 12.0. The Morgan fingerprint density at radius 3 is 2.60 bits per heavy atom. The van der Waals surface area contributed by atoms with E-state index in [1.165, 1.54) is 6.07 Å². The van der Waals surface area contributed by atoms with Crippen LogP contribution in [-0.4, -0.2) is 30.4 Å². The number of aliphatic hydroxyl groups is 1. The molecule has 1 N–H and O–H groups in total. The highest BCUT2D eigenvalue weighted by molar-refractivity contribution is 9.10. The highest BCUT2D eigenvalue weighted by Gasteiger charge is 2.22. The van der Waals surface area contributed by atoms with Crippen LogP contribution in [-0.2, 0) is 6.54 Å². The third-order valence-corrected chi connectivity index (χ3v) is 4.61. The largest absolute Gasteiger partial charge is 0.493 e. The Morgan fingerprint density at radius 1 is 1.16 bits per heavy atom. The van der Waals surface area contributed by atoms with Gasteiger partial charge in [0.1, 0.15) is 6.10 Å². The number of methoxy groups -OCH3 is 2. The monoisotopic (exact) mass is 406 g/mol. The van der Waals surface area contributed by atoms with Gasteiger partial charge in [0.2, 0.25) is 0 Å². The second-order valence-corrected chi connectivity index (χ2v) is 6.54. The zero-order valence-corrected chi connectivity index (χ0v) is 15.6. The quantitative estimate of drug-likeness (QED) is 0.826. The molecule has 3 rings (SSSR count). The van der Waals surface area contributed by atoms with E-state index in [0.29, 0.717) is 24.6 Å². The number of aromatic nitrogens is 1. The van der Waals surface area contributed by atoms with Crippen LogP contribution in [0.3, 0.4) is 0 Å². The highest BCUT2D eigenvalue weighted by atomic mass is 79.9. The van der Waals surface area contributed by atoms with Gasteiger partial charge in [-0.2, -0.15) is 0 Å². The molecule has 0 amide bonds. The minimum atomic E-state index is -0.709. The van der Waals surface area contributed by atoms with Crippen LogP contribution >= 0.6 is 15.9 Å². The van der Waals surface area contributed by atoms with E-state index in [2.05, 4.69) is 15.9 Å². The predicted octanol–water partition coefficient (Wildman–Crippen LogP) is 2.70. The molecule has 0 bridgehead atoms. The molecule has 0 saturated carbocycles. The number of rotatable bonds is 5. The fraction of sp³-hybridized carbons (Fsp3) is 0.278. The van der Waals surface area contributed by atoms with Crippen LogP contribution in [0.25, 0.3) is 0 Å². The smallest absolute Gasteiger partial charge is 0.250 e. The van der Waals surface area contributed by atoms with E-state index in [0.717, 1.165) is 15.7 Å². The molecule has 132 valence electrons. The normalized spacial score (nSPS) is 15.8. The molecule has 0 aliphatic carbocycles. The zero-order valence-electron chi connectivity index (χ0n) is 14.0. The number of ether oxygens (including phenoxy) is 2. The Balaban J connectivity index is 1.90. The van der Waals surface area contributed by atoms with Gasteiger partial charge in [0.15, 0.2) is 11.5 Å². The first-order valence-corrected chi connectivity index (χ1v) is 8.57. The zero-order chi connectivity index (χ0) is 18.0. The topological polar surface area (TPSA) is 63.9 Å². The molecule has 2 heterocycles. The van der Waals surface area contributed by atoms with Gasteiger partial charge in [-0.05, 0) is 34.1 Å². The maximum atomic E-state index is 12.0. The van der Waals surface area contributed by atoms with Gasteiger partial charge in [-0.15, -0.1) is 0 Å². The Bertz CT molecular complexity index is 863. The van der Waals surface area contributed by atoms with E-state index < -0.39 is 6.10 Å². The van der Waals surface area contributed by atoms with Gasteiger partial charge in [-0.25, -0.2) is 0 Å². The summed E-state index contributed by atoms with van der Waals surface area (Å²) in [6.45, 7) is 1.08. The number of anilines is 1.